The lowest BCUT2D eigenvalue weighted by Gasteiger charge is -2.28. The number of imidazole rings is 1. The van der Waals surface area contributed by atoms with Gasteiger partial charge in [0.05, 0.1) is 0 Å². The molecule has 0 aromatic carbocycles. The zero-order chi connectivity index (χ0) is 13.5. The minimum atomic E-state index is 0.662. The largest absolute Gasteiger partial charge is 0.338 e. The summed E-state index contributed by atoms with van der Waals surface area (Å²) in [5, 5.41) is 3.56. The standard InChI is InChI=1S/C16H29N3/c1-17-15(10-11-16-18-12-13-19(16)2)14-8-6-4-3-5-7-9-14/h12-15,17H,3-11H2,1-2H3. The van der Waals surface area contributed by atoms with E-state index in [1.54, 1.807) is 0 Å². The van der Waals surface area contributed by atoms with Crippen molar-refractivity contribution in [1.82, 2.24) is 14.9 Å². The van der Waals surface area contributed by atoms with Crippen LogP contribution in [-0.4, -0.2) is 22.6 Å². The van der Waals surface area contributed by atoms with Crippen LogP contribution in [0.25, 0.3) is 0 Å². The molecule has 1 atom stereocenters. The molecule has 0 bridgehead atoms. The van der Waals surface area contributed by atoms with E-state index in [0.29, 0.717) is 6.04 Å². The van der Waals surface area contributed by atoms with Crippen LogP contribution in [0, 0.1) is 5.92 Å². The highest BCUT2D eigenvalue weighted by atomic mass is 15.0. The van der Waals surface area contributed by atoms with E-state index in [1.807, 2.05) is 12.4 Å². The van der Waals surface area contributed by atoms with Gasteiger partial charge in [-0.3, -0.25) is 0 Å². The maximum absolute atomic E-state index is 4.44. The highest BCUT2D eigenvalue weighted by Crippen LogP contribution is 2.26. The summed E-state index contributed by atoms with van der Waals surface area (Å²) in [4.78, 5) is 4.44. The van der Waals surface area contributed by atoms with Crippen molar-refractivity contribution in [3.05, 3.63) is 18.2 Å². The fraction of sp³-hybridized carbons (Fsp3) is 0.812. The molecule has 1 N–H and O–H groups in total. The van der Waals surface area contributed by atoms with E-state index in [-0.39, 0.29) is 0 Å². The first-order valence-corrected chi connectivity index (χ1v) is 7.94. The first kappa shape index (κ1) is 14.6. The molecule has 0 radical (unpaired) electrons. The molecular formula is C16H29N3. The fourth-order valence-corrected chi connectivity index (χ4v) is 3.43. The van der Waals surface area contributed by atoms with E-state index < -0.39 is 0 Å². The smallest absolute Gasteiger partial charge is 0.108 e. The molecular weight excluding hydrogens is 234 g/mol. The molecule has 1 unspecified atom stereocenters. The summed E-state index contributed by atoms with van der Waals surface area (Å²) < 4.78 is 2.14. The molecule has 2 rings (SSSR count). The van der Waals surface area contributed by atoms with Gasteiger partial charge in [-0.15, -0.1) is 0 Å². The Morgan fingerprint density at radius 2 is 1.95 bits per heavy atom. The molecule has 1 aromatic heterocycles. The Labute approximate surface area is 117 Å². The second-order valence-electron chi connectivity index (χ2n) is 5.99. The van der Waals surface area contributed by atoms with Gasteiger partial charge in [-0.1, -0.05) is 32.1 Å². The minimum Gasteiger partial charge on any atom is -0.338 e. The van der Waals surface area contributed by atoms with Gasteiger partial charge in [-0.25, -0.2) is 4.98 Å². The van der Waals surface area contributed by atoms with Gasteiger partial charge in [0, 0.05) is 31.9 Å². The van der Waals surface area contributed by atoms with Gasteiger partial charge in [0.1, 0.15) is 5.82 Å². The molecule has 3 nitrogen and oxygen atoms in total. The molecule has 0 spiro atoms. The summed E-state index contributed by atoms with van der Waals surface area (Å²) in [5.41, 5.74) is 0. The van der Waals surface area contributed by atoms with Crippen molar-refractivity contribution in [1.29, 1.82) is 0 Å². The van der Waals surface area contributed by atoms with Gasteiger partial charge in [-0.05, 0) is 32.2 Å². The first-order valence-electron chi connectivity index (χ1n) is 7.94. The van der Waals surface area contributed by atoms with E-state index in [2.05, 4.69) is 29.0 Å². The molecule has 1 saturated carbocycles. The Hall–Kier alpha value is -0.830. The summed E-state index contributed by atoms with van der Waals surface area (Å²) in [7, 11) is 4.22. The van der Waals surface area contributed by atoms with Gasteiger partial charge in [0.2, 0.25) is 0 Å². The molecule has 1 aromatic rings. The maximum atomic E-state index is 4.44. The van der Waals surface area contributed by atoms with Crippen LogP contribution in [0.2, 0.25) is 0 Å². The lowest BCUT2D eigenvalue weighted by atomic mass is 9.84. The molecule has 108 valence electrons. The normalized spacial score (nSPS) is 19.9. The molecule has 3 heteroatoms. The molecule has 0 amide bonds. The first-order chi connectivity index (χ1) is 9.31. The van der Waals surface area contributed by atoms with Crippen molar-refractivity contribution < 1.29 is 0 Å². The number of nitrogens with zero attached hydrogens (tertiary/aromatic N) is 2. The van der Waals surface area contributed by atoms with Crippen LogP contribution in [-0.2, 0) is 13.5 Å². The Morgan fingerprint density at radius 1 is 1.26 bits per heavy atom. The number of hydrogen-bond donors (Lipinski definition) is 1. The summed E-state index contributed by atoms with van der Waals surface area (Å²) in [6.45, 7) is 0. The minimum absolute atomic E-state index is 0.662. The summed E-state index contributed by atoms with van der Waals surface area (Å²) in [6, 6.07) is 0.662. The van der Waals surface area contributed by atoms with Crippen LogP contribution in [0.15, 0.2) is 12.4 Å². The van der Waals surface area contributed by atoms with Gasteiger partial charge in [0.25, 0.3) is 0 Å². The van der Waals surface area contributed by atoms with Crippen molar-refractivity contribution >= 4 is 0 Å². The lowest BCUT2D eigenvalue weighted by Crippen LogP contribution is -2.34. The third-order valence-electron chi connectivity index (χ3n) is 4.69. The Morgan fingerprint density at radius 3 is 2.53 bits per heavy atom. The van der Waals surface area contributed by atoms with Gasteiger partial charge in [-0.2, -0.15) is 0 Å². The van der Waals surface area contributed by atoms with Crippen molar-refractivity contribution in [2.75, 3.05) is 7.05 Å². The number of rotatable bonds is 5. The van der Waals surface area contributed by atoms with Crippen LogP contribution in [0.3, 0.4) is 0 Å². The number of nitrogens with one attached hydrogen (secondary N) is 1. The van der Waals surface area contributed by atoms with E-state index >= 15 is 0 Å². The second kappa shape index (κ2) is 7.68. The summed E-state index contributed by atoms with van der Waals surface area (Å²) >= 11 is 0. The van der Waals surface area contributed by atoms with Crippen LogP contribution >= 0.6 is 0 Å². The van der Waals surface area contributed by atoms with Crippen molar-refractivity contribution in [3.63, 3.8) is 0 Å². The molecule has 1 aliphatic carbocycles. The fourth-order valence-electron chi connectivity index (χ4n) is 3.43. The number of aromatic nitrogens is 2. The molecule has 1 aliphatic rings. The number of hydrogen-bond acceptors (Lipinski definition) is 2. The monoisotopic (exact) mass is 263 g/mol. The van der Waals surface area contributed by atoms with Crippen LogP contribution in [0.5, 0.6) is 0 Å². The Kier molecular flexibility index (Phi) is 5.90. The predicted molar refractivity (Wildman–Crippen MR) is 80.2 cm³/mol. The number of aryl methyl sites for hydroxylation is 2. The SMILES string of the molecule is CNC(CCc1nccn1C)C1CCCCCCC1. The average molecular weight is 263 g/mol. The third kappa shape index (κ3) is 4.34. The maximum Gasteiger partial charge on any atom is 0.108 e. The van der Waals surface area contributed by atoms with Crippen molar-refractivity contribution in [2.45, 2.75) is 63.8 Å². The average Bonchev–Trinajstić information content (AvgIpc) is 2.77. The van der Waals surface area contributed by atoms with Crippen molar-refractivity contribution in [3.8, 4) is 0 Å². The van der Waals surface area contributed by atoms with E-state index in [1.165, 1.54) is 57.2 Å². The van der Waals surface area contributed by atoms with Crippen LogP contribution < -0.4 is 5.32 Å². The lowest BCUT2D eigenvalue weighted by molar-refractivity contribution is 0.283. The molecule has 19 heavy (non-hydrogen) atoms. The molecule has 0 saturated heterocycles. The summed E-state index contributed by atoms with van der Waals surface area (Å²) in [5.74, 6) is 2.08. The van der Waals surface area contributed by atoms with Crippen molar-refractivity contribution in [2.24, 2.45) is 13.0 Å². The van der Waals surface area contributed by atoms with E-state index in [9.17, 15) is 0 Å². The van der Waals surface area contributed by atoms with E-state index in [4.69, 9.17) is 0 Å². The van der Waals surface area contributed by atoms with E-state index in [0.717, 1.165) is 12.3 Å². The van der Waals surface area contributed by atoms with Crippen LogP contribution in [0.4, 0.5) is 0 Å². The molecule has 0 aliphatic heterocycles. The zero-order valence-corrected chi connectivity index (χ0v) is 12.6. The van der Waals surface area contributed by atoms with Gasteiger partial charge >= 0.3 is 0 Å². The quantitative estimate of drug-likeness (QED) is 0.883. The highest BCUT2D eigenvalue weighted by molar-refractivity contribution is 4.92. The topological polar surface area (TPSA) is 29.9 Å². The van der Waals surface area contributed by atoms with Gasteiger partial charge < -0.3 is 9.88 Å². The predicted octanol–water partition coefficient (Wildman–Crippen LogP) is 3.30. The summed E-state index contributed by atoms with van der Waals surface area (Å²) in [6.07, 6.45) is 16.2. The highest BCUT2D eigenvalue weighted by Gasteiger charge is 2.21. The third-order valence-corrected chi connectivity index (χ3v) is 4.69. The molecule has 1 fully saturated rings. The van der Waals surface area contributed by atoms with Crippen LogP contribution in [0.1, 0.15) is 57.2 Å². The zero-order valence-electron chi connectivity index (χ0n) is 12.6. The second-order valence-corrected chi connectivity index (χ2v) is 5.99. The Bertz CT molecular complexity index is 351. The van der Waals surface area contributed by atoms with Gasteiger partial charge in [0.15, 0.2) is 0 Å². The Balaban J connectivity index is 1.85. The molecule has 1 heterocycles.